The van der Waals surface area contributed by atoms with Crippen molar-refractivity contribution < 1.29 is 0 Å². The van der Waals surface area contributed by atoms with Gasteiger partial charge in [0.15, 0.2) is 0 Å². The fourth-order valence-electron chi connectivity index (χ4n) is 1.19. The van der Waals surface area contributed by atoms with Gasteiger partial charge in [-0.25, -0.2) is 0 Å². The fraction of sp³-hybridized carbons (Fsp3) is 1.00. The highest BCUT2D eigenvalue weighted by atomic mass is 14.9. The van der Waals surface area contributed by atoms with Crippen molar-refractivity contribution in [2.45, 2.75) is 39.2 Å². The van der Waals surface area contributed by atoms with E-state index < -0.39 is 0 Å². The van der Waals surface area contributed by atoms with Crippen LogP contribution in [0, 0.1) is 0 Å². The molecule has 0 saturated heterocycles. The average Bonchev–Trinajstić information content (AvgIpc) is 1.90. The SMILES string of the molecule is CCCC(CCN)NCC. The lowest BCUT2D eigenvalue weighted by Gasteiger charge is -2.15. The van der Waals surface area contributed by atoms with Crippen LogP contribution in [0.1, 0.15) is 33.1 Å². The molecule has 1 atom stereocenters. The maximum atomic E-state index is 5.45. The van der Waals surface area contributed by atoms with Gasteiger partial charge in [0.2, 0.25) is 0 Å². The van der Waals surface area contributed by atoms with Crippen molar-refractivity contribution in [1.82, 2.24) is 5.32 Å². The van der Waals surface area contributed by atoms with E-state index in [0.717, 1.165) is 19.5 Å². The average molecular weight is 144 g/mol. The summed E-state index contributed by atoms with van der Waals surface area (Å²) in [5.41, 5.74) is 5.45. The number of rotatable bonds is 6. The Morgan fingerprint density at radius 1 is 1.30 bits per heavy atom. The number of nitrogens with two attached hydrogens (primary N) is 1. The van der Waals surface area contributed by atoms with Gasteiger partial charge in [0, 0.05) is 6.04 Å². The zero-order valence-corrected chi connectivity index (χ0v) is 7.19. The van der Waals surface area contributed by atoms with Crippen molar-refractivity contribution in [2.75, 3.05) is 13.1 Å². The summed E-state index contributed by atoms with van der Waals surface area (Å²) in [6, 6.07) is 0.653. The highest BCUT2D eigenvalue weighted by Gasteiger charge is 2.02. The third kappa shape index (κ3) is 4.77. The fourth-order valence-corrected chi connectivity index (χ4v) is 1.19. The lowest BCUT2D eigenvalue weighted by atomic mass is 10.1. The summed E-state index contributed by atoms with van der Waals surface area (Å²) in [6.07, 6.45) is 3.62. The summed E-state index contributed by atoms with van der Waals surface area (Å²) >= 11 is 0. The van der Waals surface area contributed by atoms with Gasteiger partial charge in [0.05, 0.1) is 0 Å². The van der Waals surface area contributed by atoms with E-state index >= 15 is 0 Å². The summed E-state index contributed by atoms with van der Waals surface area (Å²) in [6.45, 7) is 6.21. The third-order valence-electron chi connectivity index (χ3n) is 1.65. The van der Waals surface area contributed by atoms with Crippen molar-refractivity contribution in [3.05, 3.63) is 0 Å². The first-order valence-electron chi connectivity index (χ1n) is 4.28. The number of hydrogen-bond acceptors (Lipinski definition) is 2. The van der Waals surface area contributed by atoms with Crippen LogP contribution in [-0.4, -0.2) is 19.1 Å². The Labute approximate surface area is 64.2 Å². The molecule has 0 rings (SSSR count). The van der Waals surface area contributed by atoms with Crippen LogP contribution in [0.3, 0.4) is 0 Å². The summed E-state index contributed by atoms with van der Waals surface area (Å²) in [5.74, 6) is 0. The molecule has 0 aromatic carbocycles. The summed E-state index contributed by atoms with van der Waals surface area (Å²) in [4.78, 5) is 0. The molecule has 10 heavy (non-hydrogen) atoms. The summed E-state index contributed by atoms with van der Waals surface area (Å²) in [5, 5.41) is 3.40. The molecule has 0 fully saturated rings. The van der Waals surface area contributed by atoms with Gasteiger partial charge in [-0.2, -0.15) is 0 Å². The summed E-state index contributed by atoms with van der Waals surface area (Å²) in [7, 11) is 0. The molecule has 0 aliphatic heterocycles. The van der Waals surface area contributed by atoms with Crippen LogP contribution >= 0.6 is 0 Å². The van der Waals surface area contributed by atoms with E-state index in [4.69, 9.17) is 5.73 Å². The van der Waals surface area contributed by atoms with E-state index in [1.807, 2.05) is 0 Å². The van der Waals surface area contributed by atoms with Gasteiger partial charge < -0.3 is 11.1 Å². The van der Waals surface area contributed by atoms with Gasteiger partial charge >= 0.3 is 0 Å². The molecule has 0 saturated carbocycles. The van der Waals surface area contributed by atoms with Crippen LogP contribution in [0.5, 0.6) is 0 Å². The maximum absolute atomic E-state index is 5.45. The molecule has 0 bridgehead atoms. The molecule has 0 aliphatic carbocycles. The third-order valence-corrected chi connectivity index (χ3v) is 1.65. The molecule has 0 aromatic heterocycles. The Bertz CT molecular complexity index is 50.0. The van der Waals surface area contributed by atoms with Crippen molar-refractivity contribution in [3.8, 4) is 0 Å². The Morgan fingerprint density at radius 2 is 2.00 bits per heavy atom. The minimum absolute atomic E-state index is 0.653. The van der Waals surface area contributed by atoms with E-state index in [-0.39, 0.29) is 0 Å². The first-order valence-corrected chi connectivity index (χ1v) is 4.28. The standard InChI is InChI=1S/C8H20N2/c1-3-5-8(6-7-9)10-4-2/h8,10H,3-7,9H2,1-2H3. The Hall–Kier alpha value is -0.0800. The monoisotopic (exact) mass is 144 g/mol. The molecule has 0 spiro atoms. The van der Waals surface area contributed by atoms with E-state index in [2.05, 4.69) is 19.2 Å². The van der Waals surface area contributed by atoms with Gasteiger partial charge in [-0.15, -0.1) is 0 Å². The molecule has 3 N–H and O–H groups in total. The second-order valence-corrected chi connectivity index (χ2v) is 2.62. The van der Waals surface area contributed by atoms with E-state index in [1.54, 1.807) is 0 Å². The first-order chi connectivity index (χ1) is 4.85. The van der Waals surface area contributed by atoms with Crippen LogP contribution < -0.4 is 11.1 Å². The molecule has 0 heterocycles. The van der Waals surface area contributed by atoms with Crippen molar-refractivity contribution >= 4 is 0 Å². The van der Waals surface area contributed by atoms with Gasteiger partial charge in [0.25, 0.3) is 0 Å². The van der Waals surface area contributed by atoms with Gasteiger partial charge in [-0.05, 0) is 25.9 Å². The smallest absolute Gasteiger partial charge is 0.00788 e. The maximum Gasteiger partial charge on any atom is 0.00788 e. The van der Waals surface area contributed by atoms with Crippen LogP contribution in [-0.2, 0) is 0 Å². The number of nitrogens with one attached hydrogen (secondary N) is 1. The van der Waals surface area contributed by atoms with E-state index in [1.165, 1.54) is 12.8 Å². The highest BCUT2D eigenvalue weighted by Crippen LogP contribution is 1.99. The second kappa shape index (κ2) is 7.03. The van der Waals surface area contributed by atoms with Crippen molar-refractivity contribution in [1.29, 1.82) is 0 Å². The molecule has 0 aliphatic rings. The van der Waals surface area contributed by atoms with Crippen LogP contribution in [0.4, 0.5) is 0 Å². The number of hydrogen-bond donors (Lipinski definition) is 2. The molecular formula is C8H20N2. The Morgan fingerprint density at radius 3 is 2.40 bits per heavy atom. The topological polar surface area (TPSA) is 38.0 Å². The molecule has 2 nitrogen and oxygen atoms in total. The first kappa shape index (κ1) is 9.92. The Balaban J connectivity index is 3.30. The van der Waals surface area contributed by atoms with Crippen LogP contribution in [0.15, 0.2) is 0 Å². The zero-order valence-electron chi connectivity index (χ0n) is 7.19. The second-order valence-electron chi connectivity index (χ2n) is 2.62. The van der Waals surface area contributed by atoms with Crippen molar-refractivity contribution in [2.24, 2.45) is 5.73 Å². The molecular weight excluding hydrogens is 124 g/mol. The highest BCUT2D eigenvalue weighted by molar-refractivity contribution is 4.64. The van der Waals surface area contributed by atoms with Crippen LogP contribution in [0.25, 0.3) is 0 Å². The molecule has 0 aromatic rings. The largest absolute Gasteiger partial charge is 0.330 e. The van der Waals surface area contributed by atoms with Gasteiger partial charge in [-0.1, -0.05) is 20.3 Å². The van der Waals surface area contributed by atoms with Crippen molar-refractivity contribution in [3.63, 3.8) is 0 Å². The predicted molar refractivity (Wildman–Crippen MR) is 46.0 cm³/mol. The summed E-state index contributed by atoms with van der Waals surface area (Å²) < 4.78 is 0. The quantitative estimate of drug-likeness (QED) is 0.586. The van der Waals surface area contributed by atoms with E-state index in [9.17, 15) is 0 Å². The predicted octanol–water partition coefficient (Wildman–Crippen LogP) is 1.11. The lowest BCUT2D eigenvalue weighted by Crippen LogP contribution is -2.30. The molecule has 0 radical (unpaired) electrons. The molecule has 0 amide bonds. The lowest BCUT2D eigenvalue weighted by molar-refractivity contribution is 0.465. The van der Waals surface area contributed by atoms with Gasteiger partial charge in [0.1, 0.15) is 0 Å². The zero-order chi connectivity index (χ0) is 7.82. The van der Waals surface area contributed by atoms with Crippen LogP contribution in [0.2, 0.25) is 0 Å². The minimum Gasteiger partial charge on any atom is -0.330 e. The molecule has 62 valence electrons. The van der Waals surface area contributed by atoms with E-state index in [0.29, 0.717) is 6.04 Å². The Kier molecular flexibility index (Phi) is 6.98. The normalized spacial score (nSPS) is 13.5. The molecule has 2 heteroatoms. The minimum atomic E-state index is 0.653. The molecule has 1 unspecified atom stereocenters. The van der Waals surface area contributed by atoms with Gasteiger partial charge in [-0.3, -0.25) is 0 Å².